The van der Waals surface area contributed by atoms with Crippen LogP contribution in [0.1, 0.15) is 27.0 Å². The van der Waals surface area contributed by atoms with E-state index in [1.54, 1.807) is 24.3 Å². The van der Waals surface area contributed by atoms with Crippen LogP contribution in [0.25, 0.3) is 0 Å². The molecule has 1 heterocycles. The Balaban J connectivity index is 2.09. The molecular weight excluding hydrogens is 254 g/mol. The van der Waals surface area contributed by atoms with E-state index in [0.29, 0.717) is 18.1 Å². The van der Waals surface area contributed by atoms with E-state index in [2.05, 4.69) is 4.99 Å². The number of hydrogen-bond acceptors (Lipinski definition) is 3. The van der Waals surface area contributed by atoms with Gasteiger partial charge in [-0.25, -0.2) is 9.79 Å². The van der Waals surface area contributed by atoms with E-state index in [9.17, 15) is 9.90 Å². The van der Waals surface area contributed by atoms with E-state index in [-0.39, 0.29) is 5.56 Å². The van der Waals surface area contributed by atoms with E-state index < -0.39 is 5.97 Å². The van der Waals surface area contributed by atoms with Crippen LogP contribution in [0.15, 0.2) is 47.5 Å². The van der Waals surface area contributed by atoms with Gasteiger partial charge in [0, 0.05) is 5.56 Å². The van der Waals surface area contributed by atoms with Gasteiger partial charge in [0.2, 0.25) is 5.90 Å². The van der Waals surface area contributed by atoms with Crippen molar-refractivity contribution in [3.05, 3.63) is 64.7 Å². The molecule has 0 aliphatic carbocycles. The second kappa shape index (κ2) is 4.81. The van der Waals surface area contributed by atoms with Crippen molar-refractivity contribution in [3.8, 4) is 0 Å². The number of hydrogen-bond donors (Lipinski definition) is 1. The lowest BCUT2D eigenvalue weighted by Gasteiger charge is -2.18. The SMILES string of the molecule is Cc1ccc2c(c1)COC(c1ccccc1C(=O)O)=N2. The minimum Gasteiger partial charge on any atom is -0.478 e. The van der Waals surface area contributed by atoms with Crippen molar-refractivity contribution in [3.63, 3.8) is 0 Å². The van der Waals surface area contributed by atoms with Crippen LogP contribution >= 0.6 is 0 Å². The smallest absolute Gasteiger partial charge is 0.336 e. The van der Waals surface area contributed by atoms with Gasteiger partial charge in [0.25, 0.3) is 0 Å². The first-order valence-electron chi connectivity index (χ1n) is 6.29. The molecule has 1 aliphatic heterocycles. The third kappa shape index (κ3) is 2.16. The Morgan fingerprint density at radius 3 is 2.85 bits per heavy atom. The van der Waals surface area contributed by atoms with Gasteiger partial charge in [-0.3, -0.25) is 0 Å². The number of fused-ring (bicyclic) bond motifs is 1. The third-order valence-electron chi connectivity index (χ3n) is 3.21. The molecule has 0 atom stereocenters. The van der Waals surface area contributed by atoms with Gasteiger partial charge in [-0.15, -0.1) is 0 Å². The first-order chi connectivity index (χ1) is 9.65. The molecule has 3 rings (SSSR count). The molecule has 1 aliphatic rings. The van der Waals surface area contributed by atoms with Crippen LogP contribution in [0, 0.1) is 6.92 Å². The van der Waals surface area contributed by atoms with Crippen LogP contribution in [0.4, 0.5) is 5.69 Å². The van der Waals surface area contributed by atoms with Gasteiger partial charge < -0.3 is 9.84 Å². The summed E-state index contributed by atoms with van der Waals surface area (Å²) >= 11 is 0. The number of carboxylic acids is 1. The fraction of sp³-hybridized carbons (Fsp3) is 0.125. The summed E-state index contributed by atoms with van der Waals surface area (Å²) in [6.07, 6.45) is 0. The number of carbonyl (C=O) groups is 1. The van der Waals surface area contributed by atoms with E-state index in [0.717, 1.165) is 16.8 Å². The van der Waals surface area contributed by atoms with Crippen LogP contribution in [-0.2, 0) is 11.3 Å². The molecule has 0 saturated heterocycles. The van der Waals surface area contributed by atoms with E-state index in [1.807, 2.05) is 25.1 Å². The van der Waals surface area contributed by atoms with Gasteiger partial charge in [-0.1, -0.05) is 29.8 Å². The summed E-state index contributed by atoms with van der Waals surface area (Å²) in [5.41, 5.74) is 3.70. The number of ether oxygens (including phenoxy) is 1. The molecule has 0 amide bonds. The lowest BCUT2D eigenvalue weighted by atomic mass is 10.1. The minimum atomic E-state index is -0.985. The molecule has 0 spiro atoms. The van der Waals surface area contributed by atoms with Gasteiger partial charge in [-0.2, -0.15) is 0 Å². The Kier molecular flexibility index (Phi) is 2.99. The van der Waals surface area contributed by atoms with Gasteiger partial charge in [0.1, 0.15) is 6.61 Å². The summed E-state index contributed by atoms with van der Waals surface area (Å²) in [5.74, 6) is -0.624. The maximum Gasteiger partial charge on any atom is 0.336 e. The Morgan fingerprint density at radius 2 is 2.05 bits per heavy atom. The number of aliphatic imine (C=N–C) groups is 1. The Bertz CT molecular complexity index is 719. The predicted molar refractivity (Wildman–Crippen MR) is 75.6 cm³/mol. The van der Waals surface area contributed by atoms with Crippen molar-refractivity contribution >= 4 is 17.6 Å². The normalized spacial score (nSPS) is 13.2. The number of aromatic carboxylic acids is 1. The average molecular weight is 267 g/mol. The maximum absolute atomic E-state index is 11.2. The van der Waals surface area contributed by atoms with E-state index >= 15 is 0 Å². The highest BCUT2D eigenvalue weighted by molar-refractivity contribution is 6.06. The van der Waals surface area contributed by atoms with E-state index in [1.165, 1.54) is 0 Å². The lowest BCUT2D eigenvalue weighted by molar-refractivity contribution is 0.0696. The Labute approximate surface area is 116 Å². The zero-order valence-electron chi connectivity index (χ0n) is 11.0. The predicted octanol–water partition coefficient (Wildman–Crippen LogP) is 3.30. The standard InChI is InChI=1S/C16H13NO3/c1-10-6-7-14-11(8-10)9-20-15(17-14)12-4-2-3-5-13(12)16(18)19/h2-8H,9H2,1H3,(H,18,19). The van der Waals surface area contributed by atoms with Gasteiger partial charge in [-0.05, 0) is 25.1 Å². The number of aryl methyl sites for hydroxylation is 1. The molecule has 0 saturated carbocycles. The average Bonchev–Trinajstić information content (AvgIpc) is 2.46. The molecular formula is C16H13NO3. The molecule has 4 nitrogen and oxygen atoms in total. The van der Waals surface area contributed by atoms with E-state index in [4.69, 9.17) is 4.74 Å². The maximum atomic E-state index is 11.2. The minimum absolute atomic E-state index is 0.196. The van der Waals surface area contributed by atoms with Crippen molar-refractivity contribution in [2.24, 2.45) is 4.99 Å². The quantitative estimate of drug-likeness (QED) is 0.908. The second-order valence-electron chi connectivity index (χ2n) is 4.69. The molecule has 0 unspecified atom stereocenters. The topological polar surface area (TPSA) is 58.9 Å². The van der Waals surface area contributed by atoms with Crippen molar-refractivity contribution in [2.45, 2.75) is 13.5 Å². The van der Waals surface area contributed by atoms with Gasteiger partial charge in [0.15, 0.2) is 0 Å². The van der Waals surface area contributed by atoms with Crippen LogP contribution in [0.3, 0.4) is 0 Å². The largest absolute Gasteiger partial charge is 0.478 e. The summed E-state index contributed by atoms with van der Waals surface area (Å²) in [4.78, 5) is 15.7. The third-order valence-corrected chi connectivity index (χ3v) is 3.21. The zero-order chi connectivity index (χ0) is 14.1. The van der Waals surface area contributed by atoms with Gasteiger partial charge >= 0.3 is 5.97 Å². The van der Waals surface area contributed by atoms with Crippen molar-refractivity contribution < 1.29 is 14.6 Å². The highest BCUT2D eigenvalue weighted by Crippen LogP contribution is 2.28. The van der Waals surface area contributed by atoms with Crippen LogP contribution in [0.5, 0.6) is 0 Å². The summed E-state index contributed by atoms with van der Waals surface area (Å²) in [5, 5.41) is 9.22. The molecule has 2 aromatic rings. The Hall–Kier alpha value is -2.62. The fourth-order valence-electron chi connectivity index (χ4n) is 2.22. The molecule has 0 aromatic heterocycles. The molecule has 0 bridgehead atoms. The summed E-state index contributed by atoms with van der Waals surface area (Å²) in [6.45, 7) is 2.42. The number of carboxylic acid groups (broad SMARTS) is 1. The van der Waals surface area contributed by atoms with Crippen LogP contribution in [0.2, 0.25) is 0 Å². The van der Waals surface area contributed by atoms with Crippen molar-refractivity contribution in [1.82, 2.24) is 0 Å². The summed E-state index contributed by atoms with van der Waals surface area (Å²) < 4.78 is 5.62. The summed E-state index contributed by atoms with van der Waals surface area (Å²) in [7, 11) is 0. The summed E-state index contributed by atoms with van der Waals surface area (Å²) in [6, 6.07) is 12.7. The second-order valence-corrected chi connectivity index (χ2v) is 4.69. The molecule has 0 fully saturated rings. The molecule has 100 valence electrons. The number of benzene rings is 2. The van der Waals surface area contributed by atoms with Crippen molar-refractivity contribution in [2.75, 3.05) is 0 Å². The number of rotatable bonds is 2. The van der Waals surface area contributed by atoms with Crippen LogP contribution in [-0.4, -0.2) is 17.0 Å². The monoisotopic (exact) mass is 267 g/mol. The first kappa shape index (κ1) is 12.4. The van der Waals surface area contributed by atoms with Crippen molar-refractivity contribution in [1.29, 1.82) is 0 Å². The van der Waals surface area contributed by atoms with Crippen LogP contribution < -0.4 is 0 Å². The highest BCUT2D eigenvalue weighted by Gasteiger charge is 2.19. The highest BCUT2D eigenvalue weighted by atomic mass is 16.5. The Morgan fingerprint density at radius 1 is 1.25 bits per heavy atom. The fourth-order valence-corrected chi connectivity index (χ4v) is 2.22. The molecule has 20 heavy (non-hydrogen) atoms. The lowest BCUT2D eigenvalue weighted by Crippen LogP contribution is -2.15. The first-order valence-corrected chi connectivity index (χ1v) is 6.29. The molecule has 4 heteroatoms. The number of nitrogens with zero attached hydrogens (tertiary/aromatic N) is 1. The molecule has 2 aromatic carbocycles. The van der Waals surface area contributed by atoms with Gasteiger partial charge in [0.05, 0.1) is 16.8 Å². The molecule has 0 radical (unpaired) electrons. The zero-order valence-corrected chi connectivity index (χ0v) is 11.0. The molecule has 1 N–H and O–H groups in total.